The summed E-state index contributed by atoms with van der Waals surface area (Å²) < 4.78 is 5.27. The van der Waals surface area contributed by atoms with Crippen LogP contribution in [0.15, 0.2) is 18.2 Å². The first-order valence-electron chi connectivity index (χ1n) is 7.94. The van der Waals surface area contributed by atoms with Gasteiger partial charge in [-0.1, -0.05) is 0 Å². The minimum absolute atomic E-state index is 0.0646. The SMILES string of the molecule is CC(C)(C)OC(=O)N[C@H]1CCCN(c2ccc(N)c([N+](=O)[O-])c2)C1. The minimum Gasteiger partial charge on any atom is -0.444 e. The van der Waals surface area contributed by atoms with Crippen LogP contribution in [-0.4, -0.2) is 35.7 Å². The van der Waals surface area contributed by atoms with Gasteiger partial charge in [-0.2, -0.15) is 0 Å². The van der Waals surface area contributed by atoms with Crippen LogP contribution in [0.3, 0.4) is 0 Å². The standard InChI is InChI=1S/C16H24N4O4/c1-16(2,3)24-15(21)18-11-5-4-8-19(10-11)12-6-7-13(17)14(9-12)20(22)23/h6-7,9,11H,4-5,8,10,17H2,1-3H3,(H,18,21)/t11-/m0/s1. The largest absolute Gasteiger partial charge is 0.444 e. The van der Waals surface area contributed by atoms with Crippen LogP contribution in [0, 0.1) is 10.1 Å². The van der Waals surface area contributed by atoms with Crippen molar-refractivity contribution in [1.29, 1.82) is 0 Å². The lowest BCUT2D eigenvalue weighted by Gasteiger charge is -2.35. The molecule has 1 atom stereocenters. The number of amides is 1. The van der Waals surface area contributed by atoms with E-state index >= 15 is 0 Å². The summed E-state index contributed by atoms with van der Waals surface area (Å²) in [5.74, 6) is 0. The third-order valence-electron chi connectivity index (χ3n) is 3.72. The number of nitrogens with zero attached hydrogens (tertiary/aromatic N) is 2. The summed E-state index contributed by atoms with van der Waals surface area (Å²) in [4.78, 5) is 24.5. The van der Waals surface area contributed by atoms with Crippen LogP contribution in [0.1, 0.15) is 33.6 Å². The van der Waals surface area contributed by atoms with Gasteiger partial charge in [-0.25, -0.2) is 4.79 Å². The quantitative estimate of drug-likeness (QED) is 0.499. The number of anilines is 2. The lowest BCUT2D eigenvalue weighted by atomic mass is 10.0. The Balaban J connectivity index is 2.04. The third-order valence-corrected chi connectivity index (χ3v) is 3.72. The molecule has 1 aromatic rings. The molecule has 1 saturated heterocycles. The number of nitro groups is 1. The van der Waals surface area contributed by atoms with Gasteiger partial charge < -0.3 is 20.7 Å². The number of nitrogens with two attached hydrogens (primary N) is 1. The number of alkyl carbamates (subject to hydrolysis) is 1. The van der Waals surface area contributed by atoms with Gasteiger partial charge in [0.2, 0.25) is 0 Å². The molecule has 24 heavy (non-hydrogen) atoms. The second-order valence-electron chi connectivity index (χ2n) is 6.93. The molecule has 1 aliphatic rings. The summed E-state index contributed by atoms with van der Waals surface area (Å²) in [6, 6.07) is 4.71. The van der Waals surface area contributed by atoms with E-state index in [1.54, 1.807) is 12.1 Å². The molecule has 1 fully saturated rings. The number of nitro benzene ring substituents is 1. The molecule has 8 nitrogen and oxygen atoms in total. The van der Waals surface area contributed by atoms with Crippen LogP contribution >= 0.6 is 0 Å². The maximum atomic E-state index is 11.9. The van der Waals surface area contributed by atoms with Crippen LogP contribution in [0.2, 0.25) is 0 Å². The summed E-state index contributed by atoms with van der Waals surface area (Å²) in [5, 5.41) is 13.9. The predicted molar refractivity (Wildman–Crippen MR) is 92.1 cm³/mol. The Hall–Kier alpha value is -2.51. The molecule has 0 bridgehead atoms. The summed E-state index contributed by atoms with van der Waals surface area (Å²) in [6.45, 7) is 6.78. The molecule has 0 aliphatic carbocycles. The molecule has 1 aliphatic heterocycles. The molecule has 1 aromatic carbocycles. The smallest absolute Gasteiger partial charge is 0.407 e. The van der Waals surface area contributed by atoms with Gasteiger partial charge in [-0.3, -0.25) is 10.1 Å². The number of rotatable bonds is 3. The van der Waals surface area contributed by atoms with Gasteiger partial charge >= 0.3 is 6.09 Å². The van der Waals surface area contributed by atoms with E-state index < -0.39 is 16.6 Å². The maximum Gasteiger partial charge on any atom is 0.407 e. The fraction of sp³-hybridized carbons (Fsp3) is 0.562. The topological polar surface area (TPSA) is 111 Å². The minimum atomic E-state index is -0.546. The van der Waals surface area contributed by atoms with Gasteiger partial charge in [0.15, 0.2) is 0 Å². The summed E-state index contributed by atoms with van der Waals surface area (Å²) in [5.41, 5.74) is 5.86. The van der Waals surface area contributed by atoms with Crippen LogP contribution in [0.5, 0.6) is 0 Å². The first-order valence-corrected chi connectivity index (χ1v) is 7.94. The number of benzene rings is 1. The Labute approximate surface area is 141 Å². The van der Waals surface area contributed by atoms with Crippen molar-refractivity contribution in [1.82, 2.24) is 5.32 Å². The number of piperidine rings is 1. The number of hydrogen-bond acceptors (Lipinski definition) is 6. The van der Waals surface area contributed by atoms with Crippen molar-refractivity contribution in [2.24, 2.45) is 0 Å². The molecule has 8 heteroatoms. The van der Waals surface area contributed by atoms with Crippen molar-refractivity contribution >= 4 is 23.2 Å². The predicted octanol–water partition coefficient (Wildman–Crippen LogP) is 2.67. The second-order valence-corrected chi connectivity index (χ2v) is 6.93. The summed E-state index contributed by atoms with van der Waals surface area (Å²) in [7, 11) is 0. The van der Waals surface area contributed by atoms with Gasteiger partial charge in [-0.05, 0) is 45.7 Å². The molecule has 0 spiro atoms. The Kier molecular flexibility index (Phi) is 5.16. The first kappa shape index (κ1) is 17.8. The van der Waals surface area contributed by atoms with Gasteiger partial charge in [0.25, 0.3) is 5.69 Å². The molecular formula is C16H24N4O4. The van der Waals surface area contributed by atoms with Crippen molar-refractivity contribution in [3.63, 3.8) is 0 Å². The Bertz CT molecular complexity index is 627. The average Bonchev–Trinajstić information content (AvgIpc) is 2.45. The highest BCUT2D eigenvalue weighted by atomic mass is 16.6. The van der Waals surface area contributed by atoms with E-state index in [4.69, 9.17) is 10.5 Å². The van der Waals surface area contributed by atoms with Crippen molar-refractivity contribution in [2.75, 3.05) is 23.7 Å². The van der Waals surface area contributed by atoms with E-state index in [1.165, 1.54) is 6.07 Å². The molecular weight excluding hydrogens is 312 g/mol. The van der Waals surface area contributed by atoms with E-state index in [0.717, 1.165) is 25.1 Å². The maximum absolute atomic E-state index is 11.9. The fourth-order valence-electron chi connectivity index (χ4n) is 2.69. The van der Waals surface area contributed by atoms with E-state index in [2.05, 4.69) is 5.32 Å². The second kappa shape index (κ2) is 6.94. The normalized spacial score (nSPS) is 18.1. The fourth-order valence-corrected chi connectivity index (χ4v) is 2.69. The lowest BCUT2D eigenvalue weighted by Crippen LogP contribution is -2.49. The number of nitrogen functional groups attached to an aromatic ring is 1. The average molecular weight is 336 g/mol. The van der Waals surface area contributed by atoms with Crippen LogP contribution in [0.4, 0.5) is 21.9 Å². The van der Waals surface area contributed by atoms with E-state index in [9.17, 15) is 14.9 Å². The zero-order valence-corrected chi connectivity index (χ0v) is 14.2. The van der Waals surface area contributed by atoms with Gasteiger partial charge in [-0.15, -0.1) is 0 Å². The Morgan fingerprint density at radius 3 is 2.79 bits per heavy atom. The first-order chi connectivity index (χ1) is 11.2. The Morgan fingerprint density at radius 1 is 1.46 bits per heavy atom. The van der Waals surface area contributed by atoms with Gasteiger partial charge in [0.05, 0.1) is 4.92 Å². The molecule has 1 amide bonds. The zero-order chi connectivity index (χ0) is 17.9. The van der Waals surface area contributed by atoms with Crippen LogP contribution in [0.25, 0.3) is 0 Å². The van der Waals surface area contributed by atoms with Crippen molar-refractivity contribution < 1.29 is 14.5 Å². The van der Waals surface area contributed by atoms with Crippen molar-refractivity contribution in [2.45, 2.75) is 45.3 Å². The Morgan fingerprint density at radius 2 is 2.17 bits per heavy atom. The van der Waals surface area contributed by atoms with Crippen LogP contribution < -0.4 is 16.0 Å². The van der Waals surface area contributed by atoms with Gasteiger partial charge in [0, 0.05) is 30.9 Å². The van der Waals surface area contributed by atoms with Crippen molar-refractivity contribution in [3.8, 4) is 0 Å². The zero-order valence-electron chi connectivity index (χ0n) is 14.2. The highest BCUT2D eigenvalue weighted by molar-refractivity contribution is 5.69. The highest BCUT2D eigenvalue weighted by Crippen LogP contribution is 2.29. The molecule has 2 rings (SSSR count). The molecule has 132 valence electrons. The van der Waals surface area contributed by atoms with Crippen LogP contribution in [-0.2, 0) is 4.74 Å². The number of ether oxygens (including phenoxy) is 1. The molecule has 0 saturated carbocycles. The summed E-state index contributed by atoms with van der Waals surface area (Å²) in [6.07, 6.45) is 1.27. The lowest BCUT2D eigenvalue weighted by molar-refractivity contribution is -0.383. The molecule has 0 radical (unpaired) electrons. The van der Waals surface area contributed by atoms with E-state index in [-0.39, 0.29) is 17.4 Å². The monoisotopic (exact) mass is 336 g/mol. The number of carbonyl (C=O) groups is 1. The molecule has 0 aromatic heterocycles. The molecule has 3 N–H and O–H groups in total. The number of hydrogen-bond donors (Lipinski definition) is 2. The van der Waals surface area contributed by atoms with E-state index in [0.29, 0.717) is 6.54 Å². The number of nitrogens with one attached hydrogen (secondary N) is 1. The number of carbonyl (C=O) groups excluding carboxylic acids is 1. The van der Waals surface area contributed by atoms with E-state index in [1.807, 2.05) is 25.7 Å². The highest BCUT2D eigenvalue weighted by Gasteiger charge is 2.25. The third kappa shape index (κ3) is 4.74. The molecule has 0 unspecified atom stereocenters. The van der Waals surface area contributed by atoms with Gasteiger partial charge in [0.1, 0.15) is 11.3 Å². The molecule has 1 heterocycles. The summed E-state index contributed by atoms with van der Waals surface area (Å²) >= 11 is 0. The van der Waals surface area contributed by atoms with Crippen molar-refractivity contribution in [3.05, 3.63) is 28.3 Å².